The van der Waals surface area contributed by atoms with Gasteiger partial charge in [0.2, 0.25) is 0 Å². The Balaban J connectivity index is 2.19. The molecule has 2 rings (SSSR count). The van der Waals surface area contributed by atoms with Crippen LogP contribution in [0, 0.1) is 5.92 Å². The van der Waals surface area contributed by atoms with Gasteiger partial charge in [-0.2, -0.15) is 0 Å². The first-order chi connectivity index (χ1) is 9.75. The van der Waals surface area contributed by atoms with Gasteiger partial charge in [-0.3, -0.25) is 0 Å². The molecule has 1 fully saturated rings. The van der Waals surface area contributed by atoms with Gasteiger partial charge in [0.25, 0.3) is 0 Å². The van der Waals surface area contributed by atoms with Crippen molar-refractivity contribution in [1.29, 1.82) is 0 Å². The average Bonchev–Trinajstić information content (AvgIpc) is 3.10. The third-order valence-electron chi connectivity index (χ3n) is 4.17. The van der Waals surface area contributed by atoms with Crippen LogP contribution in [0.1, 0.15) is 65.7 Å². The summed E-state index contributed by atoms with van der Waals surface area (Å²) < 4.78 is 18.8. The van der Waals surface area contributed by atoms with Crippen LogP contribution < -0.4 is 0 Å². The fourth-order valence-electron chi connectivity index (χ4n) is 3.25. The Kier molecular flexibility index (Phi) is 6.27. The highest BCUT2D eigenvalue weighted by Crippen LogP contribution is 2.47. The van der Waals surface area contributed by atoms with E-state index >= 15 is 0 Å². The van der Waals surface area contributed by atoms with E-state index in [1.165, 1.54) is 30.9 Å². The summed E-state index contributed by atoms with van der Waals surface area (Å²) in [6, 6.07) is 0. The maximum Gasteiger partial charge on any atom is 0.532 e. The van der Waals surface area contributed by atoms with Crippen molar-refractivity contribution in [3.05, 3.63) is 10.8 Å². The lowest BCUT2D eigenvalue weighted by atomic mass is 10.1. The number of fused-ring (bicyclic) bond motifs is 2. The van der Waals surface area contributed by atoms with Gasteiger partial charge in [0, 0.05) is 19.8 Å². The second-order valence-electron chi connectivity index (χ2n) is 6.00. The lowest BCUT2D eigenvalue weighted by Gasteiger charge is -2.32. The molecule has 0 saturated heterocycles. The molecule has 1 unspecified atom stereocenters. The van der Waals surface area contributed by atoms with E-state index in [0.29, 0.717) is 0 Å². The molecule has 1 saturated carbocycles. The Labute approximate surface area is 125 Å². The van der Waals surface area contributed by atoms with Crippen LogP contribution in [0.3, 0.4) is 0 Å². The lowest BCUT2D eigenvalue weighted by molar-refractivity contribution is 0.0668. The molecule has 0 amide bonds. The van der Waals surface area contributed by atoms with Crippen molar-refractivity contribution in [2.45, 2.75) is 65.7 Å². The van der Waals surface area contributed by atoms with E-state index in [2.05, 4.69) is 20.8 Å². The largest absolute Gasteiger partial charge is 0.532 e. The highest BCUT2D eigenvalue weighted by molar-refractivity contribution is 6.69. The van der Waals surface area contributed by atoms with Gasteiger partial charge in [-0.05, 0) is 56.1 Å². The molecule has 1 atom stereocenters. The zero-order chi connectivity index (χ0) is 14.4. The van der Waals surface area contributed by atoms with E-state index in [1.54, 1.807) is 5.57 Å². The highest BCUT2D eigenvalue weighted by atomic mass is 28.4. The third kappa shape index (κ3) is 3.53. The molecule has 0 aromatic heterocycles. The minimum absolute atomic E-state index is 0.751. The van der Waals surface area contributed by atoms with Gasteiger partial charge in [-0.1, -0.05) is 26.3 Å². The number of allylic oxidation sites excluding steroid dienone is 2. The van der Waals surface area contributed by atoms with Crippen molar-refractivity contribution in [2.75, 3.05) is 19.8 Å². The molecule has 3 nitrogen and oxygen atoms in total. The predicted octanol–water partition coefficient (Wildman–Crippen LogP) is 4.24. The standard InChI is InChI=1S/C16H30O3Si/c1-4-9-17-20(18-10-5-2,19-11-6-3)16-13-14-7-8-15(16)12-14/h14H,4-13H2,1-3H3. The quantitative estimate of drug-likeness (QED) is 0.564. The van der Waals surface area contributed by atoms with Crippen molar-refractivity contribution in [3.8, 4) is 0 Å². The first kappa shape index (κ1) is 16.2. The molecule has 0 heterocycles. The van der Waals surface area contributed by atoms with Crippen molar-refractivity contribution >= 4 is 8.80 Å². The van der Waals surface area contributed by atoms with Gasteiger partial charge >= 0.3 is 8.80 Å². The second kappa shape index (κ2) is 7.73. The molecule has 20 heavy (non-hydrogen) atoms. The van der Waals surface area contributed by atoms with E-state index in [1.807, 2.05) is 0 Å². The minimum atomic E-state index is -2.60. The molecule has 2 aliphatic rings. The van der Waals surface area contributed by atoms with Crippen molar-refractivity contribution in [1.82, 2.24) is 0 Å². The monoisotopic (exact) mass is 298 g/mol. The third-order valence-corrected chi connectivity index (χ3v) is 7.22. The smallest absolute Gasteiger partial charge is 0.370 e. The van der Waals surface area contributed by atoms with Gasteiger partial charge in [0.1, 0.15) is 0 Å². The summed E-state index contributed by atoms with van der Waals surface area (Å²) in [5.74, 6) is 0.840. The molecular formula is C16H30O3Si. The normalized spacial score (nSPS) is 22.1. The predicted molar refractivity (Wildman–Crippen MR) is 83.5 cm³/mol. The summed E-state index contributed by atoms with van der Waals surface area (Å²) in [5, 5.41) is 1.45. The molecule has 0 spiro atoms. The van der Waals surface area contributed by atoms with Crippen LogP contribution in [0.25, 0.3) is 0 Å². The SMILES string of the molecule is CCCO[Si](OCCC)(OCCC)C1=C2CCC(C2)C1. The number of rotatable bonds is 10. The molecule has 2 bridgehead atoms. The van der Waals surface area contributed by atoms with Crippen LogP contribution in [-0.4, -0.2) is 28.6 Å². The fourth-order valence-corrected chi connectivity index (χ4v) is 6.64. The Bertz CT molecular complexity index is 319. The Morgan fingerprint density at radius 3 is 1.80 bits per heavy atom. The van der Waals surface area contributed by atoms with E-state index in [0.717, 1.165) is 45.0 Å². The van der Waals surface area contributed by atoms with Gasteiger partial charge in [-0.25, -0.2) is 0 Å². The molecule has 0 radical (unpaired) electrons. The van der Waals surface area contributed by atoms with Crippen molar-refractivity contribution < 1.29 is 13.3 Å². The molecule has 4 heteroatoms. The molecule has 2 aliphatic carbocycles. The van der Waals surface area contributed by atoms with Crippen molar-refractivity contribution in [2.24, 2.45) is 5.92 Å². The van der Waals surface area contributed by atoms with Crippen LogP contribution in [-0.2, 0) is 13.3 Å². The summed E-state index contributed by atoms with van der Waals surface area (Å²) in [7, 11) is -2.60. The molecule has 0 aromatic carbocycles. The molecule has 0 aliphatic heterocycles. The summed E-state index contributed by atoms with van der Waals surface area (Å²) in [5.41, 5.74) is 1.60. The van der Waals surface area contributed by atoms with Crippen molar-refractivity contribution in [3.63, 3.8) is 0 Å². The van der Waals surface area contributed by atoms with Gasteiger partial charge < -0.3 is 13.3 Å². The average molecular weight is 298 g/mol. The molecule has 0 N–H and O–H groups in total. The summed E-state index contributed by atoms with van der Waals surface area (Å²) >= 11 is 0. The Hall–Kier alpha value is -0.163. The Morgan fingerprint density at radius 2 is 1.45 bits per heavy atom. The van der Waals surface area contributed by atoms with Gasteiger partial charge in [0.15, 0.2) is 0 Å². The minimum Gasteiger partial charge on any atom is -0.370 e. The van der Waals surface area contributed by atoms with Crippen LogP contribution in [0.5, 0.6) is 0 Å². The van der Waals surface area contributed by atoms with E-state index in [9.17, 15) is 0 Å². The van der Waals surface area contributed by atoms with E-state index in [4.69, 9.17) is 13.3 Å². The second-order valence-corrected chi connectivity index (χ2v) is 8.58. The van der Waals surface area contributed by atoms with Gasteiger partial charge in [-0.15, -0.1) is 0 Å². The zero-order valence-electron chi connectivity index (χ0n) is 13.4. The first-order valence-electron chi connectivity index (χ1n) is 8.39. The first-order valence-corrected chi connectivity index (χ1v) is 10.1. The Morgan fingerprint density at radius 1 is 0.900 bits per heavy atom. The highest BCUT2D eigenvalue weighted by Gasteiger charge is 2.51. The maximum atomic E-state index is 6.26. The van der Waals surface area contributed by atoms with Crippen LogP contribution in [0.2, 0.25) is 0 Å². The van der Waals surface area contributed by atoms with E-state index in [-0.39, 0.29) is 0 Å². The zero-order valence-corrected chi connectivity index (χ0v) is 14.4. The molecular weight excluding hydrogens is 268 g/mol. The topological polar surface area (TPSA) is 27.7 Å². The molecule has 116 valence electrons. The van der Waals surface area contributed by atoms with Gasteiger partial charge in [0.05, 0.1) is 0 Å². The van der Waals surface area contributed by atoms with E-state index < -0.39 is 8.80 Å². The lowest BCUT2D eigenvalue weighted by Crippen LogP contribution is -2.49. The maximum absolute atomic E-state index is 6.26. The fraction of sp³-hybridized carbons (Fsp3) is 0.875. The van der Waals surface area contributed by atoms with Crippen LogP contribution >= 0.6 is 0 Å². The summed E-state index contributed by atoms with van der Waals surface area (Å²) in [4.78, 5) is 0. The molecule has 0 aromatic rings. The summed E-state index contributed by atoms with van der Waals surface area (Å²) in [6.45, 7) is 8.70. The van der Waals surface area contributed by atoms with Crippen LogP contribution in [0.4, 0.5) is 0 Å². The summed E-state index contributed by atoms with van der Waals surface area (Å²) in [6.07, 6.45) is 8.10. The number of hydrogen-bond donors (Lipinski definition) is 0. The number of hydrogen-bond acceptors (Lipinski definition) is 3. The van der Waals surface area contributed by atoms with Crippen LogP contribution in [0.15, 0.2) is 10.8 Å².